The Morgan fingerprint density at radius 3 is 2.83 bits per heavy atom. The summed E-state index contributed by atoms with van der Waals surface area (Å²) in [6, 6.07) is 4.69. The molecule has 0 aromatic carbocycles. The van der Waals surface area contributed by atoms with Crippen LogP contribution in [0.3, 0.4) is 0 Å². The van der Waals surface area contributed by atoms with Crippen LogP contribution in [0.2, 0.25) is 0 Å². The Bertz CT molecular complexity index is 369. The summed E-state index contributed by atoms with van der Waals surface area (Å²) in [7, 11) is 0. The minimum atomic E-state index is 0.176. The van der Waals surface area contributed by atoms with Crippen molar-refractivity contribution in [2.24, 2.45) is 11.7 Å². The topological polar surface area (TPSA) is 55.1 Å². The fourth-order valence-corrected chi connectivity index (χ4v) is 3.36. The first-order valence-corrected chi connectivity index (χ1v) is 7.61. The molecule has 1 aliphatic rings. The molecule has 0 spiro atoms. The van der Waals surface area contributed by atoms with Gasteiger partial charge in [0.25, 0.3) is 0 Å². The van der Waals surface area contributed by atoms with E-state index >= 15 is 0 Å². The number of rotatable bonds is 4. The van der Waals surface area contributed by atoms with Crippen molar-refractivity contribution < 1.29 is 4.79 Å². The molecule has 1 aromatic heterocycles. The smallest absolute Gasteiger partial charge is 0.223 e. The van der Waals surface area contributed by atoms with Gasteiger partial charge < -0.3 is 11.1 Å². The summed E-state index contributed by atoms with van der Waals surface area (Å²) >= 11 is 1.75. The summed E-state index contributed by atoms with van der Waals surface area (Å²) in [5, 5.41) is 5.21. The molecule has 0 radical (unpaired) electrons. The summed E-state index contributed by atoms with van der Waals surface area (Å²) < 4.78 is 0. The van der Waals surface area contributed by atoms with Gasteiger partial charge in [-0.25, -0.2) is 0 Å². The maximum Gasteiger partial charge on any atom is 0.223 e. The Hall–Kier alpha value is -0.870. The normalized spacial score (nSPS) is 25.7. The molecule has 1 atom stereocenters. The molecule has 1 amide bonds. The zero-order valence-electron chi connectivity index (χ0n) is 10.9. The van der Waals surface area contributed by atoms with Crippen LogP contribution in [0, 0.1) is 5.92 Å². The molecule has 1 unspecified atom stereocenters. The molecule has 0 aliphatic heterocycles. The van der Waals surface area contributed by atoms with E-state index in [9.17, 15) is 4.79 Å². The van der Waals surface area contributed by atoms with Gasteiger partial charge in [0.2, 0.25) is 5.91 Å². The highest BCUT2D eigenvalue weighted by Crippen LogP contribution is 2.23. The molecule has 0 saturated heterocycles. The summed E-state index contributed by atoms with van der Waals surface area (Å²) in [5.41, 5.74) is 5.86. The predicted octanol–water partition coefficient (Wildman–Crippen LogP) is 2.31. The van der Waals surface area contributed by atoms with Gasteiger partial charge in [0.05, 0.1) is 0 Å². The first-order chi connectivity index (χ1) is 8.65. The number of amides is 1. The lowest BCUT2D eigenvalue weighted by atomic mass is 9.86. The van der Waals surface area contributed by atoms with Gasteiger partial charge in [-0.2, -0.15) is 0 Å². The van der Waals surface area contributed by atoms with Gasteiger partial charge in [0, 0.05) is 29.3 Å². The molecule has 18 heavy (non-hydrogen) atoms. The maximum atomic E-state index is 12.1. The van der Waals surface area contributed by atoms with E-state index in [2.05, 4.69) is 29.8 Å². The van der Waals surface area contributed by atoms with Gasteiger partial charge in [-0.3, -0.25) is 4.79 Å². The van der Waals surface area contributed by atoms with Gasteiger partial charge in [-0.15, -0.1) is 11.3 Å². The SMILES string of the molecule is CC(Cc1cccs1)NC(=O)C1CCC(N)CC1. The van der Waals surface area contributed by atoms with Crippen molar-refractivity contribution in [3.05, 3.63) is 22.4 Å². The molecule has 1 saturated carbocycles. The second-order valence-corrected chi connectivity index (χ2v) is 6.34. The van der Waals surface area contributed by atoms with Crippen molar-refractivity contribution in [1.29, 1.82) is 0 Å². The standard InChI is InChI=1S/C14H22N2OS/c1-10(9-13-3-2-8-18-13)16-14(17)11-4-6-12(15)7-5-11/h2-3,8,10-12H,4-7,9,15H2,1H3,(H,16,17). The van der Waals surface area contributed by atoms with Crippen molar-refractivity contribution in [2.45, 2.75) is 51.1 Å². The van der Waals surface area contributed by atoms with Crippen LogP contribution < -0.4 is 11.1 Å². The Kier molecular flexibility index (Phi) is 4.78. The van der Waals surface area contributed by atoms with E-state index in [-0.39, 0.29) is 17.9 Å². The van der Waals surface area contributed by atoms with Crippen molar-refractivity contribution >= 4 is 17.2 Å². The second kappa shape index (κ2) is 6.34. The van der Waals surface area contributed by atoms with Gasteiger partial charge in [-0.05, 0) is 44.1 Å². The number of nitrogens with one attached hydrogen (secondary N) is 1. The van der Waals surface area contributed by atoms with E-state index in [1.54, 1.807) is 11.3 Å². The summed E-state index contributed by atoms with van der Waals surface area (Å²) in [6.07, 6.45) is 4.78. The molecule has 1 heterocycles. The van der Waals surface area contributed by atoms with Gasteiger partial charge in [-0.1, -0.05) is 6.07 Å². The quantitative estimate of drug-likeness (QED) is 0.878. The van der Waals surface area contributed by atoms with Crippen molar-refractivity contribution in [3.8, 4) is 0 Å². The Labute approximate surface area is 113 Å². The zero-order valence-corrected chi connectivity index (χ0v) is 11.7. The molecule has 100 valence electrons. The van der Waals surface area contributed by atoms with E-state index in [0.717, 1.165) is 32.1 Å². The first kappa shape index (κ1) is 13.6. The molecule has 3 N–H and O–H groups in total. The highest BCUT2D eigenvalue weighted by Gasteiger charge is 2.25. The van der Waals surface area contributed by atoms with Crippen molar-refractivity contribution in [3.63, 3.8) is 0 Å². The van der Waals surface area contributed by atoms with E-state index in [1.165, 1.54) is 4.88 Å². The fourth-order valence-electron chi connectivity index (χ4n) is 2.52. The van der Waals surface area contributed by atoms with Crippen LogP contribution >= 0.6 is 11.3 Å². The molecule has 1 aromatic rings. The molecule has 3 nitrogen and oxygen atoms in total. The average molecular weight is 266 g/mol. The van der Waals surface area contributed by atoms with Crippen LogP contribution in [0.25, 0.3) is 0 Å². The lowest BCUT2D eigenvalue weighted by Crippen LogP contribution is -2.40. The van der Waals surface area contributed by atoms with E-state index in [0.29, 0.717) is 6.04 Å². The number of carbonyl (C=O) groups excluding carboxylic acids is 1. The third-order valence-corrected chi connectivity index (χ3v) is 4.52. The van der Waals surface area contributed by atoms with Crippen LogP contribution in [0.4, 0.5) is 0 Å². The second-order valence-electron chi connectivity index (χ2n) is 5.30. The number of thiophene rings is 1. The van der Waals surface area contributed by atoms with E-state index in [4.69, 9.17) is 5.73 Å². The number of hydrogen-bond donors (Lipinski definition) is 2. The Balaban J connectivity index is 1.76. The Morgan fingerprint density at radius 2 is 2.22 bits per heavy atom. The van der Waals surface area contributed by atoms with Crippen LogP contribution in [0.5, 0.6) is 0 Å². The number of carbonyl (C=O) groups is 1. The zero-order chi connectivity index (χ0) is 13.0. The van der Waals surface area contributed by atoms with Crippen molar-refractivity contribution in [2.75, 3.05) is 0 Å². The van der Waals surface area contributed by atoms with Crippen LogP contribution in [-0.2, 0) is 11.2 Å². The summed E-state index contributed by atoms with van der Waals surface area (Å²) in [5.74, 6) is 0.390. The minimum Gasteiger partial charge on any atom is -0.353 e. The van der Waals surface area contributed by atoms with Crippen molar-refractivity contribution in [1.82, 2.24) is 5.32 Å². The van der Waals surface area contributed by atoms with E-state index in [1.807, 2.05) is 0 Å². The highest BCUT2D eigenvalue weighted by molar-refractivity contribution is 7.09. The molecule has 4 heteroatoms. The molecule has 2 rings (SSSR count). The third kappa shape index (κ3) is 3.82. The van der Waals surface area contributed by atoms with Gasteiger partial charge in [0.1, 0.15) is 0 Å². The van der Waals surface area contributed by atoms with Crippen LogP contribution in [-0.4, -0.2) is 18.0 Å². The fraction of sp³-hybridized carbons (Fsp3) is 0.643. The van der Waals surface area contributed by atoms with Gasteiger partial charge >= 0.3 is 0 Å². The molecule has 1 aliphatic carbocycles. The average Bonchev–Trinajstić information content (AvgIpc) is 2.82. The van der Waals surface area contributed by atoms with Crippen LogP contribution in [0.1, 0.15) is 37.5 Å². The molecular weight excluding hydrogens is 244 g/mol. The van der Waals surface area contributed by atoms with E-state index < -0.39 is 0 Å². The number of hydrogen-bond acceptors (Lipinski definition) is 3. The molecule has 0 bridgehead atoms. The number of nitrogens with two attached hydrogens (primary N) is 1. The third-order valence-electron chi connectivity index (χ3n) is 3.62. The first-order valence-electron chi connectivity index (χ1n) is 6.73. The highest BCUT2D eigenvalue weighted by atomic mass is 32.1. The van der Waals surface area contributed by atoms with Gasteiger partial charge in [0.15, 0.2) is 0 Å². The summed E-state index contributed by atoms with van der Waals surface area (Å²) in [4.78, 5) is 13.4. The monoisotopic (exact) mass is 266 g/mol. The van der Waals surface area contributed by atoms with Crippen LogP contribution in [0.15, 0.2) is 17.5 Å². The summed E-state index contributed by atoms with van der Waals surface area (Å²) in [6.45, 7) is 2.08. The lowest BCUT2D eigenvalue weighted by molar-refractivity contribution is -0.126. The minimum absolute atomic E-state index is 0.176. The lowest BCUT2D eigenvalue weighted by Gasteiger charge is -2.26. The molecular formula is C14H22N2OS. The largest absolute Gasteiger partial charge is 0.353 e. The predicted molar refractivity (Wildman–Crippen MR) is 75.6 cm³/mol. The molecule has 1 fully saturated rings. The Morgan fingerprint density at radius 1 is 1.50 bits per heavy atom. The maximum absolute atomic E-state index is 12.1.